The Hall–Kier alpha value is -0.810. The molecule has 1 fully saturated rings. The van der Waals surface area contributed by atoms with Crippen molar-refractivity contribution in [3.05, 3.63) is 0 Å². The van der Waals surface area contributed by atoms with Crippen LogP contribution in [0.25, 0.3) is 0 Å². The van der Waals surface area contributed by atoms with E-state index in [2.05, 4.69) is 4.90 Å². The predicted octanol–water partition coefficient (Wildman–Crippen LogP) is 0.0529. The summed E-state index contributed by atoms with van der Waals surface area (Å²) in [7, 11) is 0. The van der Waals surface area contributed by atoms with Gasteiger partial charge in [-0.05, 0) is 13.8 Å². The number of β-amino-alcohol motifs (C(OH)–C–C–N with tert-alkyl or cyclic N) is 1. The van der Waals surface area contributed by atoms with Gasteiger partial charge in [-0.25, -0.2) is 4.79 Å². The van der Waals surface area contributed by atoms with Crippen molar-refractivity contribution in [1.29, 1.82) is 0 Å². The molecule has 1 saturated heterocycles. The Labute approximate surface area is 83.9 Å². The molecule has 0 bridgehead atoms. The average molecular weight is 202 g/mol. The Balaban J connectivity index is 2.33. The number of nitrogens with zero attached hydrogens (tertiary/aromatic N) is 2. The van der Waals surface area contributed by atoms with Gasteiger partial charge in [-0.3, -0.25) is 4.90 Å². The first-order valence-corrected chi connectivity index (χ1v) is 4.81. The van der Waals surface area contributed by atoms with Gasteiger partial charge in [-0.1, -0.05) is 0 Å². The Morgan fingerprint density at radius 3 is 2.14 bits per heavy atom. The van der Waals surface area contributed by atoms with E-state index < -0.39 is 11.7 Å². The van der Waals surface area contributed by atoms with E-state index in [0.29, 0.717) is 32.7 Å². The van der Waals surface area contributed by atoms with Crippen LogP contribution >= 0.6 is 0 Å². The molecule has 1 rings (SSSR count). The van der Waals surface area contributed by atoms with Crippen LogP contribution in [-0.2, 0) is 0 Å². The second-order valence-corrected chi connectivity index (χ2v) is 4.36. The zero-order chi connectivity index (χ0) is 10.8. The van der Waals surface area contributed by atoms with Crippen LogP contribution in [0.1, 0.15) is 13.8 Å². The van der Waals surface area contributed by atoms with Crippen molar-refractivity contribution in [1.82, 2.24) is 9.80 Å². The molecule has 1 aliphatic rings. The molecule has 1 heterocycles. The lowest BCUT2D eigenvalue weighted by atomic mass is 10.1. The molecular weight excluding hydrogens is 184 g/mol. The molecule has 0 aliphatic carbocycles. The summed E-state index contributed by atoms with van der Waals surface area (Å²) < 4.78 is 0. The second kappa shape index (κ2) is 4.14. The lowest BCUT2D eigenvalue weighted by molar-refractivity contribution is 0.0194. The molecule has 0 aromatic rings. The number of amides is 1. The standard InChI is InChI=1S/C9H18N2O3/c1-9(2,14)7-10-3-5-11(6-4-10)8(12)13/h14H,3-7H2,1-2H3,(H,12,13). The van der Waals surface area contributed by atoms with Crippen LogP contribution in [0, 0.1) is 0 Å². The maximum atomic E-state index is 10.6. The summed E-state index contributed by atoms with van der Waals surface area (Å²) in [6.07, 6.45) is -0.854. The van der Waals surface area contributed by atoms with E-state index in [1.807, 2.05) is 0 Å². The smallest absolute Gasteiger partial charge is 0.407 e. The first-order chi connectivity index (χ1) is 6.38. The molecule has 1 amide bonds. The largest absolute Gasteiger partial charge is 0.465 e. The van der Waals surface area contributed by atoms with Crippen LogP contribution in [0.4, 0.5) is 4.79 Å². The van der Waals surface area contributed by atoms with Gasteiger partial charge >= 0.3 is 6.09 Å². The fourth-order valence-electron chi connectivity index (χ4n) is 1.64. The summed E-state index contributed by atoms with van der Waals surface area (Å²) in [5, 5.41) is 18.3. The average Bonchev–Trinajstić information content (AvgIpc) is 2.02. The molecule has 82 valence electrons. The van der Waals surface area contributed by atoms with Crippen molar-refractivity contribution in [2.24, 2.45) is 0 Å². The number of carboxylic acid groups (broad SMARTS) is 1. The van der Waals surface area contributed by atoms with E-state index in [0.717, 1.165) is 0 Å². The molecule has 1 aliphatic heterocycles. The van der Waals surface area contributed by atoms with Gasteiger partial charge in [0.1, 0.15) is 0 Å². The molecule has 0 atom stereocenters. The highest BCUT2D eigenvalue weighted by atomic mass is 16.4. The highest BCUT2D eigenvalue weighted by molar-refractivity contribution is 5.65. The molecule has 5 nitrogen and oxygen atoms in total. The molecule has 0 radical (unpaired) electrons. The number of aliphatic hydroxyl groups is 1. The number of piperazine rings is 1. The van der Waals surface area contributed by atoms with Crippen molar-refractivity contribution >= 4 is 6.09 Å². The van der Waals surface area contributed by atoms with Crippen molar-refractivity contribution < 1.29 is 15.0 Å². The maximum Gasteiger partial charge on any atom is 0.407 e. The van der Waals surface area contributed by atoms with Crippen molar-refractivity contribution in [3.8, 4) is 0 Å². The summed E-state index contributed by atoms with van der Waals surface area (Å²) in [5.74, 6) is 0. The van der Waals surface area contributed by atoms with Crippen LogP contribution in [0.3, 0.4) is 0 Å². The number of rotatable bonds is 2. The molecule has 0 spiro atoms. The summed E-state index contributed by atoms with van der Waals surface area (Å²) in [6, 6.07) is 0. The van der Waals surface area contributed by atoms with Crippen molar-refractivity contribution in [2.75, 3.05) is 32.7 Å². The molecule has 0 saturated carbocycles. The van der Waals surface area contributed by atoms with E-state index in [4.69, 9.17) is 5.11 Å². The van der Waals surface area contributed by atoms with Gasteiger partial charge in [0.25, 0.3) is 0 Å². The highest BCUT2D eigenvalue weighted by Gasteiger charge is 2.24. The zero-order valence-electron chi connectivity index (χ0n) is 8.73. The summed E-state index contributed by atoms with van der Waals surface area (Å²) in [6.45, 7) is 6.59. The van der Waals surface area contributed by atoms with E-state index in [1.54, 1.807) is 13.8 Å². The van der Waals surface area contributed by atoms with Crippen LogP contribution in [0.5, 0.6) is 0 Å². The molecule has 5 heteroatoms. The van der Waals surface area contributed by atoms with Crippen LogP contribution in [0.15, 0.2) is 0 Å². The molecule has 0 aromatic carbocycles. The second-order valence-electron chi connectivity index (χ2n) is 4.36. The lowest BCUT2D eigenvalue weighted by Crippen LogP contribution is -2.51. The Morgan fingerprint density at radius 1 is 1.29 bits per heavy atom. The van der Waals surface area contributed by atoms with E-state index in [-0.39, 0.29) is 0 Å². The Morgan fingerprint density at radius 2 is 1.79 bits per heavy atom. The number of hydrogen-bond donors (Lipinski definition) is 2. The third-order valence-electron chi connectivity index (χ3n) is 2.25. The first-order valence-electron chi connectivity index (χ1n) is 4.81. The summed E-state index contributed by atoms with van der Waals surface area (Å²) in [4.78, 5) is 14.1. The minimum Gasteiger partial charge on any atom is -0.465 e. The van der Waals surface area contributed by atoms with Gasteiger partial charge in [-0.15, -0.1) is 0 Å². The first kappa shape index (κ1) is 11.3. The van der Waals surface area contributed by atoms with Gasteiger partial charge in [0.2, 0.25) is 0 Å². The van der Waals surface area contributed by atoms with Gasteiger partial charge in [0.15, 0.2) is 0 Å². The van der Waals surface area contributed by atoms with Crippen LogP contribution in [-0.4, -0.2) is 64.4 Å². The molecule has 0 unspecified atom stereocenters. The molecule has 2 N–H and O–H groups in total. The summed E-state index contributed by atoms with van der Waals surface area (Å²) in [5.41, 5.74) is -0.703. The lowest BCUT2D eigenvalue weighted by Gasteiger charge is -2.35. The Bertz CT molecular complexity index is 205. The minimum atomic E-state index is -0.854. The quantitative estimate of drug-likeness (QED) is 0.664. The van der Waals surface area contributed by atoms with E-state index in [9.17, 15) is 9.90 Å². The monoisotopic (exact) mass is 202 g/mol. The SMILES string of the molecule is CC(C)(O)CN1CCN(C(=O)O)CC1. The number of carbonyl (C=O) groups is 1. The van der Waals surface area contributed by atoms with Gasteiger partial charge < -0.3 is 15.1 Å². The fourth-order valence-corrected chi connectivity index (χ4v) is 1.64. The van der Waals surface area contributed by atoms with Gasteiger partial charge in [-0.2, -0.15) is 0 Å². The van der Waals surface area contributed by atoms with E-state index >= 15 is 0 Å². The van der Waals surface area contributed by atoms with Crippen molar-refractivity contribution in [3.63, 3.8) is 0 Å². The van der Waals surface area contributed by atoms with Crippen molar-refractivity contribution in [2.45, 2.75) is 19.4 Å². The fraction of sp³-hybridized carbons (Fsp3) is 0.889. The predicted molar refractivity (Wildman–Crippen MR) is 52.3 cm³/mol. The van der Waals surface area contributed by atoms with E-state index in [1.165, 1.54) is 4.90 Å². The Kier molecular flexibility index (Phi) is 3.34. The molecule has 14 heavy (non-hydrogen) atoms. The van der Waals surface area contributed by atoms with Crippen LogP contribution in [0.2, 0.25) is 0 Å². The third-order valence-corrected chi connectivity index (χ3v) is 2.25. The maximum absolute atomic E-state index is 10.6. The normalized spacial score (nSPS) is 19.8. The summed E-state index contributed by atoms with van der Waals surface area (Å²) >= 11 is 0. The topological polar surface area (TPSA) is 64.0 Å². The molecule has 0 aromatic heterocycles. The van der Waals surface area contributed by atoms with Crippen LogP contribution < -0.4 is 0 Å². The highest BCUT2D eigenvalue weighted by Crippen LogP contribution is 2.08. The third kappa shape index (κ3) is 3.51. The minimum absolute atomic E-state index is 0.533. The molecular formula is C9H18N2O3. The number of hydrogen-bond acceptors (Lipinski definition) is 3. The van der Waals surface area contributed by atoms with Gasteiger partial charge in [0, 0.05) is 32.7 Å². The van der Waals surface area contributed by atoms with Gasteiger partial charge in [0.05, 0.1) is 5.60 Å². The zero-order valence-corrected chi connectivity index (χ0v) is 8.73.